The lowest BCUT2D eigenvalue weighted by molar-refractivity contribution is -0.105. The summed E-state index contributed by atoms with van der Waals surface area (Å²) in [6.45, 7) is 1.51. The number of morpholine rings is 1. The Bertz CT molecular complexity index is 714. The Kier molecular flexibility index (Phi) is 3.27. The van der Waals surface area contributed by atoms with Crippen molar-refractivity contribution in [1.82, 2.24) is 5.32 Å². The van der Waals surface area contributed by atoms with Crippen LogP contribution in [0.25, 0.3) is 0 Å². The number of nitrogens with zero attached hydrogens (tertiary/aromatic N) is 1. The highest BCUT2D eigenvalue weighted by Gasteiger charge is 2.32. The van der Waals surface area contributed by atoms with E-state index in [-0.39, 0.29) is 6.23 Å². The van der Waals surface area contributed by atoms with Gasteiger partial charge in [0.2, 0.25) is 0 Å². The first-order valence-corrected chi connectivity index (χ1v) is 8.99. The molecule has 1 unspecified atom stereocenters. The third-order valence-corrected chi connectivity index (χ3v) is 5.41. The zero-order valence-electron chi connectivity index (χ0n) is 13.7. The van der Waals surface area contributed by atoms with Crippen molar-refractivity contribution in [2.75, 3.05) is 18.1 Å². The highest BCUT2D eigenvalue weighted by Crippen LogP contribution is 2.47. The SMILES string of the molecule is O=CC1=CC=C2C(N1)OCCN2c1cc(C2CC2)cc(C2CC2)c1. The van der Waals surface area contributed by atoms with Crippen LogP contribution in [0.1, 0.15) is 48.6 Å². The van der Waals surface area contributed by atoms with E-state index >= 15 is 0 Å². The molecule has 2 saturated carbocycles. The number of rotatable bonds is 4. The largest absolute Gasteiger partial charge is 0.352 e. The van der Waals surface area contributed by atoms with Crippen molar-refractivity contribution in [3.05, 3.63) is 52.9 Å². The van der Waals surface area contributed by atoms with Gasteiger partial charge in [-0.3, -0.25) is 4.79 Å². The molecular formula is C20H22N2O2. The van der Waals surface area contributed by atoms with Crippen molar-refractivity contribution in [1.29, 1.82) is 0 Å². The Morgan fingerprint density at radius 1 is 1.04 bits per heavy atom. The average Bonchev–Trinajstić information content (AvgIpc) is 3.51. The fourth-order valence-corrected chi connectivity index (χ4v) is 3.76. The Morgan fingerprint density at radius 2 is 1.75 bits per heavy atom. The molecule has 0 radical (unpaired) electrons. The van der Waals surface area contributed by atoms with Crippen molar-refractivity contribution in [3.63, 3.8) is 0 Å². The fraction of sp³-hybridized carbons (Fsp3) is 0.450. The second-order valence-corrected chi connectivity index (χ2v) is 7.28. The summed E-state index contributed by atoms with van der Waals surface area (Å²) in [4.78, 5) is 13.4. The lowest BCUT2D eigenvalue weighted by atomic mass is 10.0. The monoisotopic (exact) mass is 322 g/mol. The van der Waals surface area contributed by atoms with E-state index in [4.69, 9.17) is 4.74 Å². The van der Waals surface area contributed by atoms with Crippen LogP contribution in [0.4, 0.5) is 5.69 Å². The highest BCUT2D eigenvalue weighted by molar-refractivity contribution is 5.74. The summed E-state index contributed by atoms with van der Waals surface area (Å²) in [7, 11) is 0. The molecule has 1 aromatic rings. The van der Waals surface area contributed by atoms with Crippen molar-refractivity contribution in [3.8, 4) is 0 Å². The van der Waals surface area contributed by atoms with Gasteiger partial charge in [-0.05, 0) is 72.9 Å². The standard InChI is InChI=1S/C20H22N2O2/c23-12-17-5-6-19-20(21-17)24-8-7-22(19)18-10-15(13-1-2-13)9-16(11-18)14-3-4-14/h5-6,9-14,20-21H,1-4,7-8H2. The van der Waals surface area contributed by atoms with Gasteiger partial charge >= 0.3 is 0 Å². The fourth-order valence-electron chi connectivity index (χ4n) is 3.76. The molecule has 3 fully saturated rings. The van der Waals surface area contributed by atoms with Crippen molar-refractivity contribution < 1.29 is 9.53 Å². The van der Waals surface area contributed by atoms with E-state index in [1.807, 2.05) is 12.2 Å². The van der Waals surface area contributed by atoms with Crippen LogP contribution in [-0.2, 0) is 9.53 Å². The van der Waals surface area contributed by atoms with Crippen molar-refractivity contribution in [2.45, 2.75) is 43.7 Å². The van der Waals surface area contributed by atoms with E-state index in [1.54, 1.807) is 0 Å². The van der Waals surface area contributed by atoms with Gasteiger partial charge in [-0.2, -0.15) is 0 Å². The minimum absolute atomic E-state index is 0.224. The molecule has 0 bridgehead atoms. The number of nitrogens with one attached hydrogen (secondary N) is 1. The lowest BCUT2D eigenvalue weighted by Crippen LogP contribution is -2.48. The molecule has 1 atom stereocenters. The number of benzene rings is 1. The van der Waals surface area contributed by atoms with E-state index < -0.39 is 0 Å². The number of fused-ring (bicyclic) bond motifs is 1. The summed E-state index contributed by atoms with van der Waals surface area (Å²) in [6, 6.07) is 7.17. The minimum atomic E-state index is -0.224. The molecule has 1 N–H and O–H groups in total. The summed E-state index contributed by atoms with van der Waals surface area (Å²) in [5.74, 6) is 1.53. The number of carbonyl (C=O) groups excluding carboxylic acids is 1. The first kappa shape index (κ1) is 14.3. The first-order chi connectivity index (χ1) is 11.8. The van der Waals surface area contributed by atoms with Crippen molar-refractivity contribution in [2.24, 2.45) is 0 Å². The summed E-state index contributed by atoms with van der Waals surface area (Å²) < 4.78 is 5.82. The molecule has 5 rings (SSSR count). The summed E-state index contributed by atoms with van der Waals surface area (Å²) >= 11 is 0. The van der Waals surface area contributed by atoms with Crippen LogP contribution in [0.15, 0.2) is 41.7 Å². The molecule has 0 spiro atoms. The molecule has 2 aliphatic carbocycles. The number of hydrogen-bond donors (Lipinski definition) is 1. The number of dihydropyridines is 1. The van der Waals surface area contributed by atoms with Gasteiger partial charge in [0.15, 0.2) is 12.5 Å². The normalized spacial score (nSPS) is 26.2. The first-order valence-electron chi connectivity index (χ1n) is 8.99. The van der Waals surface area contributed by atoms with Crippen LogP contribution < -0.4 is 10.2 Å². The number of anilines is 1. The highest BCUT2D eigenvalue weighted by atomic mass is 16.5. The zero-order chi connectivity index (χ0) is 16.1. The second-order valence-electron chi connectivity index (χ2n) is 7.28. The van der Waals surface area contributed by atoms with Crippen LogP contribution in [0.3, 0.4) is 0 Å². The predicted octanol–water partition coefficient (Wildman–Crippen LogP) is 3.17. The smallest absolute Gasteiger partial charge is 0.169 e. The Morgan fingerprint density at radius 3 is 2.38 bits per heavy atom. The van der Waals surface area contributed by atoms with Crippen LogP contribution in [0.2, 0.25) is 0 Å². The van der Waals surface area contributed by atoms with Crippen LogP contribution in [0, 0.1) is 0 Å². The van der Waals surface area contributed by atoms with Gasteiger partial charge in [0.1, 0.15) is 0 Å². The average molecular weight is 322 g/mol. The maximum Gasteiger partial charge on any atom is 0.169 e. The van der Waals surface area contributed by atoms with E-state index in [1.165, 1.54) is 42.5 Å². The number of allylic oxidation sites excluding steroid dienone is 3. The third-order valence-electron chi connectivity index (χ3n) is 5.41. The summed E-state index contributed by atoms with van der Waals surface area (Å²) in [5.41, 5.74) is 5.97. The molecular weight excluding hydrogens is 300 g/mol. The molecule has 2 aliphatic heterocycles. The molecule has 4 aliphatic rings. The van der Waals surface area contributed by atoms with Crippen LogP contribution in [-0.4, -0.2) is 25.7 Å². The third kappa shape index (κ3) is 2.55. The van der Waals surface area contributed by atoms with Gasteiger partial charge in [-0.25, -0.2) is 0 Å². The molecule has 124 valence electrons. The molecule has 4 nitrogen and oxygen atoms in total. The summed E-state index contributed by atoms with van der Waals surface area (Å²) in [6.07, 6.45) is 9.79. The Hall–Kier alpha value is -2.07. The maximum atomic E-state index is 11.0. The number of hydrogen-bond acceptors (Lipinski definition) is 4. The predicted molar refractivity (Wildman–Crippen MR) is 92.8 cm³/mol. The number of carbonyl (C=O) groups is 1. The van der Waals surface area contributed by atoms with E-state index in [2.05, 4.69) is 28.4 Å². The van der Waals surface area contributed by atoms with E-state index in [9.17, 15) is 4.79 Å². The zero-order valence-corrected chi connectivity index (χ0v) is 13.7. The van der Waals surface area contributed by atoms with Gasteiger partial charge in [0, 0.05) is 12.2 Å². The molecule has 4 heteroatoms. The topological polar surface area (TPSA) is 41.6 Å². The van der Waals surface area contributed by atoms with Gasteiger partial charge in [0.05, 0.1) is 18.0 Å². The van der Waals surface area contributed by atoms with Gasteiger partial charge < -0.3 is 15.0 Å². The molecule has 24 heavy (non-hydrogen) atoms. The second kappa shape index (κ2) is 5.49. The molecule has 2 heterocycles. The van der Waals surface area contributed by atoms with Gasteiger partial charge in [-0.1, -0.05) is 6.07 Å². The van der Waals surface area contributed by atoms with Gasteiger partial charge in [0.25, 0.3) is 0 Å². The van der Waals surface area contributed by atoms with Crippen LogP contribution >= 0.6 is 0 Å². The Labute approximate surface area is 142 Å². The van der Waals surface area contributed by atoms with Crippen molar-refractivity contribution >= 4 is 12.0 Å². The lowest BCUT2D eigenvalue weighted by Gasteiger charge is -2.39. The number of ether oxygens (including phenoxy) is 1. The molecule has 0 aromatic heterocycles. The molecule has 1 aromatic carbocycles. The molecule has 1 saturated heterocycles. The molecule has 0 amide bonds. The van der Waals surface area contributed by atoms with E-state index in [0.717, 1.165) is 30.4 Å². The Balaban J connectivity index is 1.53. The maximum absolute atomic E-state index is 11.0. The van der Waals surface area contributed by atoms with Gasteiger partial charge in [-0.15, -0.1) is 0 Å². The van der Waals surface area contributed by atoms with Crippen LogP contribution in [0.5, 0.6) is 0 Å². The van der Waals surface area contributed by atoms with E-state index in [0.29, 0.717) is 12.3 Å². The quantitative estimate of drug-likeness (QED) is 0.865. The number of aldehydes is 1. The summed E-state index contributed by atoms with van der Waals surface area (Å²) in [5, 5.41) is 3.17. The minimum Gasteiger partial charge on any atom is -0.352 e.